The van der Waals surface area contributed by atoms with Gasteiger partial charge in [-0.25, -0.2) is 0 Å². The number of halogens is 2. The lowest BCUT2D eigenvalue weighted by molar-refractivity contribution is 0.646. The van der Waals surface area contributed by atoms with Crippen molar-refractivity contribution >= 4 is 33.2 Å². The highest BCUT2D eigenvalue weighted by atomic mass is 79.9. The number of hydrogen-bond acceptors (Lipinski definition) is 2. The number of hydrogen-bond donors (Lipinski definition) is 1. The average Bonchev–Trinajstić information content (AvgIpc) is 2.51. The van der Waals surface area contributed by atoms with Crippen LogP contribution in [0.5, 0.6) is 0 Å². The van der Waals surface area contributed by atoms with Gasteiger partial charge in [-0.1, -0.05) is 35.9 Å². The maximum atomic E-state index is 6.08. The normalized spacial score (nSPS) is 10.6. The molecule has 2 rings (SSSR count). The Hall–Kier alpha value is -1.03. The molecule has 0 fully saturated rings. The van der Waals surface area contributed by atoms with E-state index in [-0.39, 0.29) is 0 Å². The minimum Gasteiger partial charge on any atom is -0.375 e. The van der Waals surface area contributed by atoms with Crippen LogP contribution >= 0.6 is 27.5 Å². The molecule has 0 aliphatic carbocycles. The Labute approximate surface area is 140 Å². The Morgan fingerprint density at radius 3 is 2.62 bits per heavy atom. The lowest BCUT2D eigenvalue weighted by Crippen LogP contribution is -2.23. The highest BCUT2D eigenvalue weighted by Crippen LogP contribution is 2.23. The Balaban J connectivity index is 1.67. The van der Waals surface area contributed by atoms with Gasteiger partial charge in [0.05, 0.1) is 5.02 Å². The number of para-hydroxylation sites is 1. The SMILES string of the molecule is CN(CCCNCc1ccc(Br)c(Cl)c1)c1ccccc1. The number of benzene rings is 2. The summed E-state index contributed by atoms with van der Waals surface area (Å²) in [5.41, 5.74) is 2.47. The van der Waals surface area contributed by atoms with Gasteiger partial charge in [0.25, 0.3) is 0 Å². The zero-order valence-corrected chi connectivity index (χ0v) is 14.5. The number of nitrogens with one attached hydrogen (secondary N) is 1. The molecule has 21 heavy (non-hydrogen) atoms. The van der Waals surface area contributed by atoms with E-state index < -0.39 is 0 Å². The molecule has 0 heterocycles. The Morgan fingerprint density at radius 2 is 1.90 bits per heavy atom. The summed E-state index contributed by atoms with van der Waals surface area (Å²) in [6.45, 7) is 2.88. The van der Waals surface area contributed by atoms with Crippen molar-refractivity contribution < 1.29 is 0 Å². The van der Waals surface area contributed by atoms with E-state index >= 15 is 0 Å². The van der Waals surface area contributed by atoms with E-state index in [0.717, 1.165) is 35.6 Å². The molecule has 0 bridgehead atoms. The molecule has 1 N–H and O–H groups in total. The third kappa shape index (κ3) is 5.34. The zero-order valence-electron chi connectivity index (χ0n) is 12.2. The molecule has 0 aliphatic heterocycles. The van der Waals surface area contributed by atoms with Crippen molar-refractivity contribution in [1.82, 2.24) is 5.32 Å². The molecule has 2 aromatic carbocycles. The van der Waals surface area contributed by atoms with Crippen molar-refractivity contribution in [3.05, 3.63) is 63.6 Å². The predicted octanol–water partition coefficient (Wildman–Crippen LogP) is 4.72. The number of anilines is 1. The van der Waals surface area contributed by atoms with E-state index in [9.17, 15) is 0 Å². The third-order valence-electron chi connectivity index (χ3n) is 3.36. The first-order valence-electron chi connectivity index (χ1n) is 7.07. The second kappa shape index (κ2) is 8.42. The second-order valence-electron chi connectivity index (χ2n) is 5.04. The first-order chi connectivity index (χ1) is 10.2. The molecule has 0 atom stereocenters. The summed E-state index contributed by atoms with van der Waals surface area (Å²) >= 11 is 9.48. The number of nitrogens with zero attached hydrogens (tertiary/aromatic N) is 1. The molecular weight excluding hydrogens is 348 g/mol. The van der Waals surface area contributed by atoms with Gasteiger partial charge in [0.2, 0.25) is 0 Å². The second-order valence-corrected chi connectivity index (χ2v) is 6.30. The predicted molar refractivity (Wildman–Crippen MR) is 95.2 cm³/mol. The van der Waals surface area contributed by atoms with Crippen molar-refractivity contribution in [3.8, 4) is 0 Å². The van der Waals surface area contributed by atoms with Gasteiger partial charge in [-0.2, -0.15) is 0 Å². The van der Waals surface area contributed by atoms with Crippen molar-refractivity contribution in [2.45, 2.75) is 13.0 Å². The lowest BCUT2D eigenvalue weighted by atomic mass is 10.2. The Kier molecular flexibility index (Phi) is 6.55. The van der Waals surface area contributed by atoms with Gasteiger partial charge in [0.1, 0.15) is 0 Å². The van der Waals surface area contributed by atoms with Crippen LogP contribution in [-0.4, -0.2) is 20.1 Å². The van der Waals surface area contributed by atoms with Crippen LogP contribution < -0.4 is 10.2 Å². The van der Waals surface area contributed by atoms with Crippen LogP contribution in [-0.2, 0) is 6.54 Å². The van der Waals surface area contributed by atoms with Crippen LogP contribution in [0.3, 0.4) is 0 Å². The largest absolute Gasteiger partial charge is 0.375 e. The van der Waals surface area contributed by atoms with Gasteiger partial charge in [-0.15, -0.1) is 0 Å². The molecule has 0 saturated carbocycles. The molecule has 0 aliphatic rings. The summed E-state index contributed by atoms with van der Waals surface area (Å²) in [6.07, 6.45) is 1.11. The summed E-state index contributed by atoms with van der Waals surface area (Å²) in [4.78, 5) is 2.28. The fourth-order valence-electron chi connectivity index (χ4n) is 2.14. The molecule has 0 aromatic heterocycles. The van der Waals surface area contributed by atoms with Crippen molar-refractivity contribution in [1.29, 1.82) is 0 Å². The summed E-state index contributed by atoms with van der Waals surface area (Å²) in [6, 6.07) is 16.5. The number of rotatable bonds is 7. The van der Waals surface area contributed by atoms with Gasteiger partial charge < -0.3 is 10.2 Å². The van der Waals surface area contributed by atoms with E-state index in [1.54, 1.807) is 0 Å². The van der Waals surface area contributed by atoms with Gasteiger partial charge in [0, 0.05) is 30.3 Å². The van der Waals surface area contributed by atoms with Gasteiger partial charge in [-0.05, 0) is 58.7 Å². The average molecular weight is 368 g/mol. The summed E-state index contributed by atoms with van der Waals surface area (Å²) in [5.74, 6) is 0. The van der Waals surface area contributed by atoms with E-state index in [1.165, 1.54) is 11.3 Å². The van der Waals surface area contributed by atoms with Gasteiger partial charge >= 0.3 is 0 Å². The van der Waals surface area contributed by atoms with Gasteiger partial charge in [0.15, 0.2) is 0 Å². The van der Waals surface area contributed by atoms with Crippen LogP contribution in [0.25, 0.3) is 0 Å². The van der Waals surface area contributed by atoms with Crippen molar-refractivity contribution in [3.63, 3.8) is 0 Å². The highest BCUT2D eigenvalue weighted by Gasteiger charge is 2.00. The topological polar surface area (TPSA) is 15.3 Å². The van der Waals surface area contributed by atoms with Crippen LogP contribution in [0, 0.1) is 0 Å². The van der Waals surface area contributed by atoms with Crippen LogP contribution in [0.2, 0.25) is 5.02 Å². The van der Waals surface area contributed by atoms with Crippen molar-refractivity contribution in [2.75, 3.05) is 25.0 Å². The first kappa shape index (κ1) is 16.3. The summed E-state index contributed by atoms with van der Waals surface area (Å²) in [5, 5.41) is 4.22. The van der Waals surface area contributed by atoms with Crippen molar-refractivity contribution in [2.24, 2.45) is 0 Å². The van der Waals surface area contributed by atoms with Crippen LogP contribution in [0.15, 0.2) is 53.0 Å². The fraction of sp³-hybridized carbons (Fsp3) is 0.294. The molecule has 4 heteroatoms. The van der Waals surface area contributed by atoms with E-state index in [0.29, 0.717) is 0 Å². The van der Waals surface area contributed by atoms with Crippen LogP contribution in [0.4, 0.5) is 5.69 Å². The van der Waals surface area contributed by atoms with E-state index in [1.807, 2.05) is 18.2 Å². The summed E-state index contributed by atoms with van der Waals surface area (Å²) < 4.78 is 0.942. The molecule has 0 radical (unpaired) electrons. The van der Waals surface area contributed by atoms with E-state index in [4.69, 9.17) is 11.6 Å². The molecule has 0 spiro atoms. The molecule has 2 aromatic rings. The zero-order chi connectivity index (χ0) is 15.1. The molecule has 0 amide bonds. The fourth-order valence-corrected chi connectivity index (χ4v) is 2.58. The van der Waals surface area contributed by atoms with E-state index in [2.05, 4.69) is 63.5 Å². The first-order valence-corrected chi connectivity index (χ1v) is 8.25. The minimum absolute atomic E-state index is 0.762. The maximum absolute atomic E-state index is 6.08. The molecule has 112 valence electrons. The Bertz CT molecular complexity index is 560. The summed E-state index contributed by atoms with van der Waals surface area (Å²) in [7, 11) is 2.13. The molecule has 2 nitrogen and oxygen atoms in total. The maximum Gasteiger partial charge on any atom is 0.0551 e. The lowest BCUT2D eigenvalue weighted by Gasteiger charge is -2.19. The minimum atomic E-state index is 0.762. The van der Waals surface area contributed by atoms with Crippen LogP contribution in [0.1, 0.15) is 12.0 Å². The monoisotopic (exact) mass is 366 g/mol. The molecular formula is C17H20BrClN2. The molecule has 0 unspecified atom stereocenters. The standard InChI is InChI=1S/C17H20BrClN2/c1-21(15-6-3-2-4-7-15)11-5-10-20-13-14-8-9-16(18)17(19)12-14/h2-4,6-9,12,20H,5,10-11,13H2,1H3. The third-order valence-corrected chi connectivity index (χ3v) is 4.59. The smallest absolute Gasteiger partial charge is 0.0551 e. The highest BCUT2D eigenvalue weighted by molar-refractivity contribution is 9.10. The van der Waals surface area contributed by atoms with Gasteiger partial charge in [-0.3, -0.25) is 0 Å². The Morgan fingerprint density at radius 1 is 1.14 bits per heavy atom. The molecule has 0 saturated heterocycles. The quantitative estimate of drug-likeness (QED) is 0.712.